The van der Waals surface area contributed by atoms with Crippen molar-refractivity contribution in [3.63, 3.8) is 0 Å². The van der Waals surface area contributed by atoms with E-state index >= 15 is 0 Å². The first-order valence-corrected chi connectivity index (χ1v) is 10.1. The Bertz CT molecular complexity index is 594. The third-order valence-electron chi connectivity index (χ3n) is 4.24. The smallest absolute Gasteiger partial charge is 0.244 e. The van der Waals surface area contributed by atoms with Crippen LogP contribution in [-0.4, -0.2) is 37.9 Å². The third kappa shape index (κ3) is 2.59. The molecule has 2 saturated heterocycles. The lowest BCUT2D eigenvalue weighted by atomic mass is 10.1. The minimum Gasteiger partial charge on any atom is -0.312 e. The second-order valence-electron chi connectivity index (χ2n) is 5.50. The molecule has 0 spiro atoms. The summed E-state index contributed by atoms with van der Waals surface area (Å²) in [7, 11) is -3.36. The predicted octanol–water partition coefficient (Wildman–Crippen LogP) is 2.72. The first-order valence-electron chi connectivity index (χ1n) is 7.01. The maximum absolute atomic E-state index is 12.9. The molecule has 2 unspecified atom stereocenters. The van der Waals surface area contributed by atoms with Crippen LogP contribution in [-0.2, 0) is 10.0 Å². The fourth-order valence-corrected chi connectivity index (χ4v) is 7.43. The number of halogens is 1. The molecule has 4 nitrogen and oxygen atoms in total. The van der Waals surface area contributed by atoms with Crippen molar-refractivity contribution in [3.05, 3.63) is 14.7 Å². The number of nitrogens with one attached hydrogen (secondary N) is 1. The average Bonchev–Trinajstić information content (AvgIpc) is 3.06. The van der Waals surface area contributed by atoms with Gasteiger partial charge in [-0.25, -0.2) is 8.42 Å². The molecule has 3 rings (SSSR count). The van der Waals surface area contributed by atoms with Gasteiger partial charge in [0.1, 0.15) is 0 Å². The van der Waals surface area contributed by atoms with Gasteiger partial charge in [-0.3, -0.25) is 0 Å². The minimum absolute atomic E-state index is 0.126. The second-order valence-corrected chi connectivity index (χ2v) is 9.99. The van der Waals surface area contributed by atoms with Crippen molar-refractivity contribution >= 4 is 37.3 Å². The fraction of sp³-hybridized carbons (Fsp3) is 0.692. The van der Waals surface area contributed by atoms with Crippen molar-refractivity contribution in [3.8, 4) is 0 Å². The fourth-order valence-electron chi connectivity index (χ4n) is 3.32. The summed E-state index contributed by atoms with van der Waals surface area (Å²) in [5, 5.41) is 3.46. The predicted molar refractivity (Wildman–Crippen MR) is 84.7 cm³/mol. The van der Waals surface area contributed by atoms with Crippen LogP contribution in [0.25, 0.3) is 0 Å². The number of hydrogen-bond donors (Lipinski definition) is 1. The summed E-state index contributed by atoms with van der Waals surface area (Å²) in [6, 6.07) is 2.20. The van der Waals surface area contributed by atoms with Crippen LogP contribution in [0.1, 0.15) is 30.6 Å². The second kappa shape index (κ2) is 5.68. The summed E-state index contributed by atoms with van der Waals surface area (Å²) in [6.07, 6.45) is 4.18. The molecule has 1 N–H and O–H groups in total. The molecule has 2 fully saturated rings. The zero-order valence-corrected chi connectivity index (χ0v) is 14.7. The highest BCUT2D eigenvalue weighted by molar-refractivity contribution is 9.11. The molecule has 2 aliphatic heterocycles. The normalized spacial score (nSPS) is 28.3. The standard InChI is InChI=1S/C13H19BrN2O2S2/c1-9-12(8-13(14)19-9)20(17,18)16-7-3-5-11(16)10-4-2-6-15-10/h8,10-11,15H,2-7H2,1H3. The van der Waals surface area contributed by atoms with Gasteiger partial charge < -0.3 is 5.32 Å². The SMILES string of the molecule is Cc1sc(Br)cc1S(=O)(=O)N1CCCC1C1CCCN1. The van der Waals surface area contributed by atoms with Gasteiger partial charge in [-0.05, 0) is 61.1 Å². The van der Waals surface area contributed by atoms with Crippen LogP contribution < -0.4 is 5.32 Å². The first-order chi connectivity index (χ1) is 9.50. The number of hydrogen-bond acceptors (Lipinski definition) is 4. The maximum Gasteiger partial charge on any atom is 0.244 e. The Balaban J connectivity index is 1.91. The first kappa shape index (κ1) is 15.0. The van der Waals surface area contributed by atoms with E-state index in [0.29, 0.717) is 17.5 Å². The molecule has 0 aromatic carbocycles. The lowest BCUT2D eigenvalue weighted by Gasteiger charge is -2.28. The van der Waals surface area contributed by atoms with Gasteiger partial charge in [0, 0.05) is 23.5 Å². The summed E-state index contributed by atoms with van der Waals surface area (Å²) < 4.78 is 28.5. The van der Waals surface area contributed by atoms with E-state index in [2.05, 4.69) is 21.2 Å². The molecule has 2 aliphatic rings. The molecule has 0 bridgehead atoms. The lowest BCUT2D eigenvalue weighted by Crippen LogP contribution is -2.46. The van der Waals surface area contributed by atoms with E-state index in [1.54, 1.807) is 10.4 Å². The minimum atomic E-state index is -3.36. The van der Waals surface area contributed by atoms with Gasteiger partial charge in [-0.15, -0.1) is 11.3 Å². The number of sulfonamides is 1. The quantitative estimate of drug-likeness (QED) is 0.879. The van der Waals surface area contributed by atoms with Crippen LogP contribution >= 0.6 is 27.3 Å². The van der Waals surface area contributed by atoms with E-state index < -0.39 is 10.0 Å². The molecule has 0 amide bonds. The van der Waals surface area contributed by atoms with E-state index in [1.807, 2.05) is 6.92 Å². The Morgan fingerprint density at radius 2 is 2.20 bits per heavy atom. The molecule has 1 aromatic heterocycles. The van der Waals surface area contributed by atoms with E-state index in [4.69, 9.17) is 0 Å². The summed E-state index contributed by atoms with van der Waals surface area (Å²) >= 11 is 4.87. The van der Waals surface area contributed by atoms with Crippen molar-refractivity contribution in [1.29, 1.82) is 0 Å². The van der Waals surface area contributed by atoms with E-state index in [-0.39, 0.29) is 6.04 Å². The van der Waals surface area contributed by atoms with Gasteiger partial charge in [-0.1, -0.05) is 0 Å². The van der Waals surface area contributed by atoms with Gasteiger partial charge >= 0.3 is 0 Å². The van der Waals surface area contributed by atoms with E-state index in [9.17, 15) is 8.42 Å². The molecule has 20 heavy (non-hydrogen) atoms. The van der Waals surface area contributed by atoms with Gasteiger partial charge in [-0.2, -0.15) is 4.31 Å². The van der Waals surface area contributed by atoms with Gasteiger partial charge in [0.05, 0.1) is 8.68 Å². The van der Waals surface area contributed by atoms with Crippen molar-refractivity contribution in [2.45, 2.75) is 49.6 Å². The number of thiophene rings is 1. The Morgan fingerprint density at radius 1 is 1.40 bits per heavy atom. The van der Waals surface area contributed by atoms with Crippen LogP contribution in [0.4, 0.5) is 0 Å². The van der Waals surface area contributed by atoms with Crippen molar-refractivity contribution in [2.75, 3.05) is 13.1 Å². The summed E-state index contributed by atoms with van der Waals surface area (Å²) in [6.45, 7) is 3.54. The summed E-state index contributed by atoms with van der Waals surface area (Å²) in [5.41, 5.74) is 0. The van der Waals surface area contributed by atoms with Crippen molar-refractivity contribution in [2.24, 2.45) is 0 Å². The Kier molecular flexibility index (Phi) is 4.25. The highest BCUT2D eigenvalue weighted by Gasteiger charge is 2.41. The zero-order valence-electron chi connectivity index (χ0n) is 11.4. The van der Waals surface area contributed by atoms with Crippen molar-refractivity contribution in [1.82, 2.24) is 9.62 Å². The molecule has 3 heterocycles. The van der Waals surface area contributed by atoms with E-state index in [1.165, 1.54) is 11.3 Å². The van der Waals surface area contributed by atoms with Gasteiger partial charge in [0.25, 0.3) is 0 Å². The van der Waals surface area contributed by atoms with Crippen LogP contribution in [0, 0.1) is 6.92 Å². The molecule has 7 heteroatoms. The average molecular weight is 379 g/mol. The molecule has 0 saturated carbocycles. The summed E-state index contributed by atoms with van der Waals surface area (Å²) in [5.74, 6) is 0. The molecule has 0 radical (unpaired) electrons. The number of aryl methyl sites for hydroxylation is 1. The highest BCUT2D eigenvalue weighted by atomic mass is 79.9. The van der Waals surface area contributed by atoms with Crippen molar-refractivity contribution < 1.29 is 8.42 Å². The maximum atomic E-state index is 12.9. The molecule has 0 aliphatic carbocycles. The topological polar surface area (TPSA) is 49.4 Å². The molecule has 2 atom stereocenters. The largest absolute Gasteiger partial charge is 0.312 e. The monoisotopic (exact) mass is 378 g/mol. The Labute approximate surface area is 132 Å². The zero-order chi connectivity index (χ0) is 14.3. The highest BCUT2D eigenvalue weighted by Crippen LogP contribution is 2.35. The number of nitrogens with zero attached hydrogens (tertiary/aromatic N) is 1. The molecule has 1 aromatic rings. The van der Waals surface area contributed by atoms with Crippen LogP contribution in [0.2, 0.25) is 0 Å². The lowest BCUT2D eigenvalue weighted by molar-refractivity contribution is 0.322. The van der Waals surface area contributed by atoms with Gasteiger partial charge in [0.15, 0.2) is 0 Å². The molecular formula is C13H19BrN2O2S2. The summed E-state index contributed by atoms with van der Waals surface area (Å²) in [4.78, 5) is 1.33. The Morgan fingerprint density at radius 3 is 2.80 bits per heavy atom. The van der Waals surface area contributed by atoms with Crippen LogP contribution in [0.5, 0.6) is 0 Å². The van der Waals surface area contributed by atoms with E-state index in [0.717, 1.165) is 40.9 Å². The molecular weight excluding hydrogens is 360 g/mol. The Hall–Kier alpha value is 0.0500. The van der Waals surface area contributed by atoms with Crippen LogP contribution in [0.3, 0.4) is 0 Å². The van der Waals surface area contributed by atoms with Crippen LogP contribution in [0.15, 0.2) is 14.7 Å². The third-order valence-corrected chi connectivity index (χ3v) is 7.97. The van der Waals surface area contributed by atoms with Gasteiger partial charge in [0.2, 0.25) is 10.0 Å². The number of rotatable bonds is 3. The molecule has 112 valence electrons.